The van der Waals surface area contributed by atoms with Crippen LogP contribution in [0.3, 0.4) is 0 Å². The molecule has 0 saturated heterocycles. The molecular formula is C6H9F3N2. The average Bonchev–Trinajstić information content (AvgIpc) is 1.87. The summed E-state index contributed by atoms with van der Waals surface area (Å²) >= 11 is 0. The lowest BCUT2D eigenvalue weighted by atomic mass is 10.2. The minimum absolute atomic E-state index is 0.309. The van der Waals surface area contributed by atoms with E-state index in [0.29, 0.717) is 0 Å². The molecular weight excluding hydrogens is 157 g/mol. The number of nitrogens with one attached hydrogen (secondary N) is 1. The summed E-state index contributed by atoms with van der Waals surface area (Å²) in [6.45, 7) is 1.48. The Hall–Kier alpha value is -0.730. The zero-order valence-corrected chi connectivity index (χ0v) is 6.00. The largest absolute Gasteiger partial charge is 0.406 e. The minimum Gasteiger partial charge on any atom is -0.271 e. The Balaban J connectivity index is 4.03. The summed E-state index contributed by atoms with van der Waals surface area (Å²) < 4.78 is 35.5. The third-order valence-corrected chi connectivity index (χ3v) is 1.08. The monoisotopic (exact) mass is 166 g/mol. The molecule has 0 aliphatic rings. The fraction of sp³-hybridized carbons (Fsp3) is 0.667. The summed E-state index contributed by atoms with van der Waals surface area (Å²) in [6.07, 6.45) is -4.63. The van der Waals surface area contributed by atoms with Crippen LogP contribution in [-0.2, 0) is 0 Å². The Morgan fingerprint density at radius 2 is 2.09 bits per heavy atom. The van der Waals surface area contributed by atoms with Crippen molar-refractivity contribution in [3.63, 3.8) is 0 Å². The molecule has 0 fully saturated rings. The standard InChI is InChI=1S/C6H9F3N2/c1-2-3-4-5(11-10)6(7,8)9/h5,11H,4,10H2,1H3. The fourth-order valence-corrected chi connectivity index (χ4v) is 0.473. The molecule has 0 aliphatic heterocycles. The highest BCUT2D eigenvalue weighted by Crippen LogP contribution is 2.21. The maximum atomic E-state index is 11.8. The predicted octanol–water partition coefficient (Wildman–Crippen LogP) is 0.794. The molecule has 0 radical (unpaired) electrons. The van der Waals surface area contributed by atoms with E-state index in [1.165, 1.54) is 6.92 Å². The van der Waals surface area contributed by atoms with Crippen molar-refractivity contribution >= 4 is 0 Å². The van der Waals surface area contributed by atoms with Gasteiger partial charge in [0.05, 0.1) is 0 Å². The van der Waals surface area contributed by atoms with Crippen molar-refractivity contribution in [2.45, 2.75) is 25.6 Å². The van der Waals surface area contributed by atoms with Gasteiger partial charge in [-0.05, 0) is 6.92 Å². The van der Waals surface area contributed by atoms with Crippen LogP contribution in [0.1, 0.15) is 13.3 Å². The molecule has 64 valence electrons. The molecule has 0 spiro atoms. The van der Waals surface area contributed by atoms with Crippen molar-refractivity contribution in [2.75, 3.05) is 0 Å². The lowest BCUT2D eigenvalue weighted by Gasteiger charge is -2.15. The van der Waals surface area contributed by atoms with E-state index < -0.39 is 12.2 Å². The van der Waals surface area contributed by atoms with Gasteiger partial charge in [0.25, 0.3) is 0 Å². The van der Waals surface area contributed by atoms with E-state index in [4.69, 9.17) is 0 Å². The SMILES string of the molecule is CC#CCC(NN)C(F)(F)F. The van der Waals surface area contributed by atoms with Crippen LogP contribution < -0.4 is 11.3 Å². The van der Waals surface area contributed by atoms with Crippen molar-refractivity contribution < 1.29 is 13.2 Å². The zero-order valence-electron chi connectivity index (χ0n) is 6.00. The molecule has 0 aromatic carbocycles. The number of hydrogen-bond donors (Lipinski definition) is 2. The first-order valence-electron chi connectivity index (χ1n) is 2.94. The Kier molecular flexibility index (Phi) is 3.93. The maximum absolute atomic E-state index is 11.8. The Morgan fingerprint density at radius 3 is 2.36 bits per heavy atom. The van der Waals surface area contributed by atoms with Gasteiger partial charge in [0.15, 0.2) is 0 Å². The molecule has 1 unspecified atom stereocenters. The van der Waals surface area contributed by atoms with E-state index >= 15 is 0 Å². The van der Waals surface area contributed by atoms with E-state index in [2.05, 4.69) is 17.7 Å². The first-order chi connectivity index (χ1) is 5.02. The summed E-state index contributed by atoms with van der Waals surface area (Å²) in [5.41, 5.74) is 1.65. The number of rotatable bonds is 2. The van der Waals surface area contributed by atoms with Crippen LogP contribution in [-0.4, -0.2) is 12.2 Å². The number of alkyl halides is 3. The van der Waals surface area contributed by atoms with Gasteiger partial charge in [-0.1, -0.05) is 0 Å². The molecule has 0 aromatic rings. The van der Waals surface area contributed by atoms with Crippen LogP contribution in [0, 0.1) is 11.8 Å². The lowest BCUT2D eigenvalue weighted by molar-refractivity contribution is -0.154. The minimum atomic E-state index is -4.32. The van der Waals surface area contributed by atoms with E-state index in [1.807, 2.05) is 0 Å². The first-order valence-corrected chi connectivity index (χ1v) is 2.94. The van der Waals surface area contributed by atoms with Crippen molar-refractivity contribution in [1.29, 1.82) is 0 Å². The normalized spacial score (nSPS) is 13.5. The van der Waals surface area contributed by atoms with Gasteiger partial charge in [-0.2, -0.15) is 13.2 Å². The molecule has 0 aliphatic carbocycles. The number of hydrogen-bond acceptors (Lipinski definition) is 2. The lowest BCUT2D eigenvalue weighted by Crippen LogP contribution is -2.45. The van der Waals surface area contributed by atoms with Crippen molar-refractivity contribution in [1.82, 2.24) is 5.43 Å². The van der Waals surface area contributed by atoms with E-state index in [1.54, 1.807) is 5.43 Å². The van der Waals surface area contributed by atoms with Crippen LogP contribution in [0.4, 0.5) is 13.2 Å². The second-order valence-corrected chi connectivity index (χ2v) is 1.89. The third-order valence-electron chi connectivity index (χ3n) is 1.08. The van der Waals surface area contributed by atoms with Gasteiger partial charge in [0, 0.05) is 6.42 Å². The Bertz CT molecular complexity index is 165. The van der Waals surface area contributed by atoms with Crippen molar-refractivity contribution in [3.8, 4) is 11.8 Å². The van der Waals surface area contributed by atoms with Gasteiger partial charge in [-0.15, -0.1) is 11.8 Å². The van der Waals surface area contributed by atoms with Gasteiger partial charge >= 0.3 is 6.18 Å². The maximum Gasteiger partial charge on any atom is 0.406 e. The molecule has 0 bridgehead atoms. The second-order valence-electron chi connectivity index (χ2n) is 1.89. The molecule has 0 heterocycles. The van der Waals surface area contributed by atoms with Crippen molar-refractivity contribution in [2.24, 2.45) is 5.84 Å². The molecule has 0 aromatic heterocycles. The fourth-order valence-electron chi connectivity index (χ4n) is 0.473. The molecule has 1 atom stereocenters. The molecule has 11 heavy (non-hydrogen) atoms. The smallest absolute Gasteiger partial charge is 0.271 e. The Morgan fingerprint density at radius 1 is 1.55 bits per heavy atom. The summed E-state index contributed by atoms with van der Waals surface area (Å²) in [6, 6.07) is -1.73. The number of hydrazine groups is 1. The zero-order chi connectivity index (χ0) is 8.91. The molecule has 3 N–H and O–H groups in total. The Labute approximate surface area is 62.9 Å². The van der Waals surface area contributed by atoms with Gasteiger partial charge in [-0.25, -0.2) is 5.43 Å². The predicted molar refractivity (Wildman–Crippen MR) is 35.2 cm³/mol. The van der Waals surface area contributed by atoms with Gasteiger partial charge in [0.2, 0.25) is 0 Å². The molecule has 0 rings (SSSR count). The van der Waals surface area contributed by atoms with Gasteiger partial charge < -0.3 is 0 Å². The van der Waals surface area contributed by atoms with Crippen LogP contribution in [0.15, 0.2) is 0 Å². The first kappa shape index (κ1) is 10.3. The summed E-state index contributed by atoms with van der Waals surface area (Å²) in [5, 5.41) is 0. The summed E-state index contributed by atoms with van der Waals surface area (Å²) in [5.74, 6) is 9.31. The van der Waals surface area contributed by atoms with Crippen LogP contribution in [0.25, 0.3) is 0 Å². The summed E-state index contributed by atoms with van der Waals surface area (Å²) in [4.78, 5) is 0. The average molecular weight is 166 g/mol. The number of halogens is 3. The highest BCUT2D eigenvalue weighted by Gasteiger charge is 2.38. The molecule has 2 nitrogen and oxygen atoms in total. The topological polar surface area (TPSA) is 38.0 Å². The highest BCUT2D eigenvalue weighted by atomic mass is 19.4. The quantitative estimate of drug-likeness (QED) is 0.361. The van der Waals surface area contributed by atoms with E-state index in [0.717, 1.165) is 0 Å². The van der Waals surface area contributed by atoms with Crippen LogP contribution in [0.2, 0.25) is 0 Å². The third kappa shape index (κ3) is 3.86. The van der Waals surface area contributed by atoms with Gasteiger partial charge in [0.1, 0.15) is 6.04 Å². The highest BCUT2D eigenvalue weighted by molar-refractivity contribution is 4.99. The van der Waals surface area contributed by atoms with Crippen LogP contribution in [0.5, 0.6) is 0 Å². The van der Waals surface area contributed by atoms with E-state index in [9.17, 15) is 13.2 Å². The van der Waals surface area contributed by atoms with E-state index in [-0.39, 0.29) is 6.42 Å². The number of nitrogens with two attached hydrogens (primary N) is 1. The van der Waals surface area contributed by atoms with Gasteiger partial charge in [-0.3, -0.25) is 5.84 Å². The second kappa shape index (κ2) is 4.21. The molecule has 5 heteroatoms. The van der Waals surface area contributed by atoms with Crippen LogP contribution >= 0.6 is 0 Å². The summed E-state index contributed by atoms with van der Waals surface area (Å²) in [7, 11) is 0. The molecule has 0 amide bonds. The van der Waals surface area contributed by atoms with Crippen molar-refractivity contribution in [3.05, 3.63) is 0 Å². The molecule has 0 saturated carbocycles.